The van der Waals surface area contributed by atoms with Crippen LogP contribution in [-0.2, 0) is 17.1 Å². The van der Waals surface area contributed by atoms with Crippen molar-refractivity contribution in [2.45, 2.75) is 13.0 Å². The molecule has 2 heterocycles. The van der Waals surface area contributed by atoms with Crippen molar-refractivity contribution in [2.75, 3.05) is 4.90 Å². The molecule has 192 valence electrons. The van der Waals surface area contributed by atoms with E-state index in [-0.39, 0.29) is 33.7 Å². The number of hydrogen-bond donors (Lipinski definition) is 0. The van der Waals surface area contributed by atoms with E-state index >= 15 is 0 Å². The molecule has 2 aromatic carbocycles. The van der Waals surface area contributed by atoms with Gasteiger partial charge in [0.2, 0.25) is 0 Å². The summed E-state index contributed by atoms with van der Waals surface area (Å²) in [7, 11) is 0. The van der Waals surface area contributed by atoms with Gasteiger partial charge < -0.3 is 0 Å². The third kappa shape index (κ3) is 6.84. The molecule has 2 fully saturated rings. The van der Waals surface area contributed by atoms with Crippen LogP contribution in [0.4, 0.5) is 11.5 Å². The van der Waals surface area contributed by atoms with Gasteiger partial charge in [-0.05, 0) is 94.0 Å². The third-order valence-corrected chi connectivity index (χ3v) is 6.23. The molecule has 0 saturated heterocycles. The maximum atomic E-state index is 11.4. The first-order valence-corrected chi connectivity index (χ1v) is 12.3. The first-order chi connectivity index (χ1) is 18.6. The molecule has 0 spiro atoms. The Bertz CT molecular complexity index is 1310. The van der Waals surface area contributed by atoms with E-state index < -0.39 is 0 Å². The molecule has 10 radical (unpaired) electrons. The Morgan fingerprint density at radius 3 is 2.18 bits per heavy atom. The van der Waals surface area contributed by atoms with Crippen LogP contribution in [-0.4, -0.2) is 15.7 Å². The second-order valence-corrected chi connectivity index (χ2v) is 8.78. The van der Waals surface area contributed by atoms with E-state index in [1.807, 2.05) is 106 Å². The number of benzene rings is 2. The molecule has 3 aromatic rings. The van der Waals surface area contributed by atoms with Gasteiger partial charge in [-0.1, -0.05) is 42.5 Å². The van der Waals surface area contributed by atoms with Gasteiger partial charge in [0.15, 0.2) is 0 Å². The van der Waals surface area contributed by atoms with Crippen LogP contribution in [0, 0.1) is 80.7 Å². The van der Waals surface area contributed by atoms with Gasteiger partial charge in [0.05, 0.1) is 11.0 Å². The van der Waals surface area contributed by atoms with Crippen molar-refractivity contribution in [3.63, 3.8) is 0 Å². The van der Waals surface area contributed by atoms with Crippen molar-refractivity contribution in [2.24, 2.45) is 4.99 Å². The van der Waals surface area contributed by atoms with Crippen LogP contribution >= 0.6 is 0 Å². The second-order valence-electron chi connectivity index (χ2n) is 8.78. The van der Waals surface area contributed by atoms with Crippen LogP contribution < -0.4 is 4.90 Å². The summed E-state index contributed by atoms with van der Waals surface area (Å²) in [5.74, 6) is 2.53. The van der Waals surface area contributed by atoms with E-state index in [2.05, 4.69) is 22.9 Å². The van der Waals surface area contributed by atoms with Gasteiger partial charge in [0, 0.05) is 35.5 Å². The Hall–Kier alpha value is -3.28. The Labute approximate surface area is 241 Å². The molecular formula is C32H26FeN4O2+2. The summed E-state index contributed by atoms with van der Waals surface area (Å²) in [6, 6.07) is 20.2. The summed E-state index contributed by atoms with van der Waals surface area (Å²) in [5.41, 5.74) is 3.81. The van der Waals surface area contributed by atoms with Crippen LogP contribution in [0.2, 0.25) is 0 Å². The zero-order valence-corrected chi connectivity index (χ0v) is 22.3. The standard InChI is InChI=1S/C27H21N4O2.C5H5.Fe/c1-19-9-2-5-14-23(19)27-29-24(21-12-8-13-22(17-21)31(32)33)18-25(20-10-3-4-11-20)30(27)26-15-6-7-16-28-26;1-2-4-5-3-1;/h2-18,24H,1H3;1-5H;/q;;+2. The molecule has 1 aliphatic heterocycles. The molecule has 0 bridgehead atoms. The van der Waals surface area contributed by atoms with Crippen molar-refractivity contribution >= 4 is 17.3 Å². The van der Waals surface area contributed by atoms with Gasteiger partial charge in [-0.3, -0.25) is 20.0 Å². The number of nitro benzene ring substituents is 1. The molecule has 1 aromatic heterocycles. The molecule has 2 aliphatic carbocycles. The fourth-order valence-electron chi connectivity index (χ4n) is 4.38. The van der Waals surface area contributed by atoms with E-state index in [0.717, 1.165) is 40.0 Å². The molecule has 7 heteroatoms. The summed E-state index contributed by atoms with van der Waals surface area (Å²) in [5, 5.41) is 11.4. The van der Waals surface area contributed by atoms with E-state index in [0.29, 0.717) is 0 Å². The van der Waals surface area contributed by atoms with Gasteiger partial charge in [-0.15, -0.1) is 0 Å². The number of allylic oxidation sites excluding steroid dienone is 1. The quantitative estimate of drug-likeness (QED) is 0.202. The number of amidine groups is 1. The number of rotatable bonds is 5. The van der Waals surface area contributed by atoms with Crippen molar-refractivity contribution < 1.29 is 22.0 Å². The van der Waals surface area contributed by atoms with Crippen LogP contribution in [0.15, 0.2) is 89.7 Å². The van der Waals surface area contributed by atoms with Gasteiger partial charge in [-0.2, -0.15) is 0 Å². The minimum Gasteiger partial charge on any atom is -0.282 e. The van der Waals surface area contributed by atoms with E-state index in [1.54, 1.807) is 18.3 Å². The smallest absolute Gasteiger partial charge is 0.282 e. The van der Waals surface area contributed by atoms with E-state index in [1.165, 1.54) is 6.07 Å². The number of nitrogens with zero attached hydrogens (tertiary/aromatic N) is 4. The summed E-state index contributed by atoms with van der Waals surface area (Å²) < 4.78 is 0. The fourth-order valence-corrected chi connectivity index (χ4v) is 4.38. The number of hydrogen-bond acceptors (Lipinski definition) is 5. The van der Waals surface area contributed by atoms with Gasteiger partial charge in [-0.25, -0.2) is 4.98 Å². The summed E-state index contributed by atoms with van der Waals surface area (Å²) in [6.45, 7) is 2.05. The molecule has 6 nitrogen and oxygen atoms in total. The minimum absolute atomic E-state index is 0. The van der Waals surface area contributed by atoms with Crippen molar-refractivity contribution in [3.8, 4) is 0 Å². The topological polar surface area (TPSA) is 71.6 Å². The second kappa shape index (κ2) is 13.7. The zero-order valence-electron chi connectivity index (χ0n) is 21.2. The number of aliphatic imine (C=N–C) groups is 1. The third-order valence-electron chi connectivity index (χ3n) is 6.23. The first-order valence-electron chi connectivity index (χ1n) is 12.3. The van der Waals surface area contributed by atoms with Crippen molar-refractivity contribution in [1.29, 1.82) is 0 Å². The van der Waals surface area contributed by atoms with Gasteiger partial charge in [0.1, 0.15) is 11.7 Å². The number of nitro groups is 1. The molecule has 1 atom stereocenters. The number of non-ortho nitro benzene ring substituents is 1. The van der Waals surface area contributed by atoms with E-state index in [4.69, 9.17) is 4.99 Å². The van der Waals surface area contributed by atoms with Gasteiger partial charge in [0.25, 0.3) is 5.69 Å². The average Bonchev–Trinajstić information content (AvgIpc) is 3.71. The predicted octanol–water partition coefficient (Wildman–Crippen LogP) is 6.61. The molecule has 0 N–H and O–H groups in total. The number of anilines is 1. The Morgan fingerprint density at radius 2 is 1.54 bits per heavy atom. The summed E-state index contributed by atoms with van der Waals surface area (Å²) in [6.07, 6.45) is 21.9. The summed E-state index contributed by atoms with van der Waals surface area (Å²) >= 11 is 0. The van der Waals surface area contributed by atoms with Crippen LogP contribution in [0.5, 0.6) is 0 Å². The number of aromatic nitrogens is 1. The Balaban J connectivity index is 0.000000530. The molecular weight excluding hydrogens is 528 g/mol. The molecule has 6 rings (SSSR count). The van der Waals surface area contributed by atoms with Gasteiger partial charge >= 0.3 is 17.1 Å². The minimum atomic E-state index is -0.385. The van der Waals surface area contributed by atoms with Crippen LogP contribution in [0.3, 0.4) is 0 Å². The molecule has 3 aliphatic rings. The Kier molecular flexibility index (Phi) is 10.1. The van der Waals surface area contributed by atoms with Crippen molar-refractivity contribution in [1.82, 2.24) is 4.98 Å². The largest absolute Gasteiger partial charge is 2.00 e. The number of pyridine rings is 1. The normalized spacial score (nSPS) is 18.9. The molecule has 2 saturated carbocycles. The summed E-state index contributed by atoms with van der Waals surface area (Å²) in [4.78, 5) is 22.8. The fraction of sp³-hybridized carbons (Fsp3) is 0.0625. The number of aryl methyl sites for hydroxylation is 1. The SMILES string of the molecule is Cc1ccccc1C1=NC(c2cccc([N+](=O)[O-])c2)C=C([C]2[CH][CH][CH][CH]2)N1c1ccccn1.[CH]1[CH][CH][CH][CH]1.[Fe+2]. The maximum Gasteiger partial charge on any atom is 2.00 e. The van der Waals surface area contributed by atoms with Crippen LogP contribution in [0.25, 0.3) is 0 Å². The van der Waals surface area contributed by atoms with E-state index in [9.17, 15) is 10.1 Å². The predicted molar refractivity (Wildman–Crippen MR) is 150 cm³/mol. The molecule has 0 amide bonds. The molecule has 1 unspecified atom stereocenters. The first kappa shape index (κ1) is 28.7. The maximum absolute atomic E-state index is 11.4. The molecule has 39 heavy (non-hydrogen) atoms. The zero-order chi connectivity index (χ0) is 26.3. The monoisotopic (exact) mass is 554 g/mol. The average molecular weight is 554 g/mol. The Morgan fingerprint density at radius 1 is 0.846 bits per heavy atom. The van der Waals surface area contributed by atoms with Crippen molar-refractivity contribution in [3.05, 3.63) is 175 Å². The van der Waals surface area contributed by atoms with Crippen LogP contribution in [0.1, 0.15) is 22.7 Å².